The van der Waals surface area contributed by atoms with Crippen LogP contribution in [0.25, 0.3) is 6.08 Å². The fraction of sp³-hybridized carbons (Fsp3) is 0.0667. The number of benzene rings is 1. The average molecular weight is 286 g/mol. The lowest BCUT2D eigenvalue weighted by molar-refractivity contribution is 0.342. The molecule has 0 saturated carbocycles. The van der Waals surface area contributed by atoms with E-state index < -0.39 is 0 Å². The molecule has 0 amide bonds. The first-order valence-corrected chi connectivity index (χ1v) is 5.96. The molecule has 108 valence electrons. The zero-order valence-corrected chi connectivity index (χ0v) is 11.1. The number of phenols is 1. The highest BCUT2D eigenvalue weighted by atomic mass is 16.3. The van der Waals surface area contributed by atoms with Crippen molar-refractivity contribution in [3.63, 3.8) is 0 Å². The summed E-state index contributed by atoms with van der Waals surface area (Å²) in [5.74, 6) is -0.0637. The van der Waals surface area contributed by atoms with Gasteiger partial charge in [0.05, 0.1) is 6.61 Å². The van der Waals surface area contributed by atoms with E-state index in [1.165, 1.54) is 30.4 Å². The molecule has 0 heterocycles. The van der Waals surface area contributed by atoms with Gasteiger partial charge in [-0.25, -0.2) is 0 Å². The second-order valence-corrected chi connectivity index (χ2v) is 4.02. The normalized spacial score (nSPS) is 12.0. The summed E-state index contributed by atoms with van der Waals surface area (Å²) in [6.07, 6.45) is 7.47. The lowest BCUT2D eigenvalue weighted by Crippen LogP contribution is -1.78. The largest absolute Gasteiger partial charge is 0.508 e. The molecule has 0 bridgehead atoms. The zero-order chi connectivity index (χ0) is 15.7. The number of rotatable bonds is 7. The molecule has 0 fully saturated rings. The molecule has 0 aliphatic heterocycles. The molecule has 0 aliphatic carbocycles. The summed E-state index contributed by atoms with van der Waals surface area (Å²) in [6.45, 7) is 3.47. The number of aliphatic hydroxyl groups is 1. The molecule has 0 spiro atoms. The van der Waals surface area contributed by atoms with Crippen LogP contribution in [0.5, 0.6) is 5.75 Å². The second-order valence-electron chi connectivity index (χ2n) is 4.02. The van der Waals surface area contributed by atoms with Gasteiger partial charge in [-0.1, -0.05) is 24.8 Å². The smallest absolute Gasteiger partial charge is 0.118 e. The number of allylic oxidation sites excluding steroid dienone is 4. The van der Waals surface area contributed by atoms with E-state index in [4.69, 9.17) is 5.11 Å². The van der Waals surface area contributed by atoms with Gasteiger partial charge in [0.2, 0.25) is 0 Å². The van der Waals surface area contributed by atoms with Crippen LogP contribution in [0.3, 0.4) is 0 Å². The van der Waals surface area contributed by atoms with Crippen LogP contribution in [-0.4, -0.2) is 16.8 Å². The predicted molar refractivity (Wildman–Crippen MR) is 81.8 cm³/mol. The van der Waals surface area contributed by atoms with Gasteiger partial charge in [-0.05, 0) is 45.8 Å². The van der Waals surface area contributed by atoms with Crippen LogP contribution >= 0.6 is 0 Å². The Labute approximate surface area is 121 Å². The van der Waals surface area contributed by atoms with E-state index in [1.54, 1.807) is 18.2 Å². The van der Waals surface area contributed by atoms with Crippen LogP contribution in [0.2, 0.25) is 0 Å². The van der Waals surface area contributed by atoms with E-state index in [0.29, 0.717) is 11.1 Å². The van der Waals surface area contributed by atoms with Crippen molar-refractivity contribution in [1.29, 1.82) is 0 Å². The second kappa shape index (κ2) is 8.34. The lowest BCUT2D eigenvalue weighted by atomic mass is 10.1. The van der Waals surface area contributed by atoms with Gasteiger partial charge in [0.15, 0.2) is 0 Å². The van der Waals surface area contributed by atoms with Crippen molar-refractivity contribution in [2.75, 3.05) is 6.61 Å². The van der Waals surface area contributed by atoms with Crippen molar-refractivity contribution >= 4 is 11.8 Å². The Hall–Kier alpha value is -2.86. The summed E-state index contributed by atoms with van der Waals surface area (Å²) in [6, 6.07) is 4.22. The Kier molecular flexibility index (Phi) is 6.43. The average Bonchev–Trinajstić information content (AvgIpc) is 2.48. The summed E-state index contributed by atoms with van der Waals surface area (Å²) in [5, 5.41) is 23.5. The van der Waals surface area contributed by atoms with Crippen molar-refractivity contribution in [2.45, 2.75) is 0 Å². The summed E-state index contributed by atoms with van der Waals surface area (Å²) in [5.41, 5.74) is 1.36. The van der Waals surface area contributed by atoms with Gasteiger partial charge in [-0.2, -0.15) is 0 Å². The van der Waals surface area contributed by atoms with E-state index in [9.17, 15) is 14.9 Å². The molecule has 6 nitrogen and oxygen atoms in total. The van der Waals surface area contributed by atoms with E-state index in [1.807, 2.05) is 0 Å². The molecule has 0 aromatic heterocycles. The summed E-state index contributed by atoms with van der Waals surface area (Å²) >= 11 is 0. The lowest BCUT2D eigenvalue weighted by Gasteiger charge is -1.97. The summed E-state index contributed by atoms with van der Waals surface area (Å²) in [7, 11) is 0. The Morgan fingerprint density at radius 3 is 2.57 bits per heavy atom. The van der Waals surface area contributed by atoms with E-state index in [0.717, 1.165) is 0 Å². The number of hydrogen-bond acceptors (Lipinski definition) is 6. The Bertz CT molecular complexity index is 631. The fourth-order valence-electron chi connectivity index (χ4n) is 1.45. The maximum Gasteiger partial charge on any atom is 0.118 e. The Morgan fingerprint density at radius 2 is 1.95 bits per heavy atom. The van der Waals surface area contributed by atoms with Gasteiger partial charge < -0.3 is 10.2 Å². The zero-order valence-electron chi connectivity index (χ0n) is 11.1. The number of aliphatic hydroxyl groups excluding tert-OH is 1. The number of nitrogens with zero attached hydrogens (tertiary/aromatic N) is 2. The van der Waals surface area contributed by atoms with Crippen LogP contribution in [-0.2, 0) is 0 Å². The van der Waals surface area contributed by atoms with Crippen LogP contribution in [0, 0.1) is 9.81 Å². The minimum absolute atomic E-state index is 0.0637. The SMILES string of the molecule is C=C(/C=C\C(=C/CO)N=O)/C=C/c1cc(O)cc(N=O)c1. The van der Waals surface area contributed by atoms with Gasteiger partial charge in [0, 0.05) is 6.07 Å². The van der Waals surface area contributed by atoms with Crippen LogP contribution in [0.4, 0.5) is 5.69 Å². The topological polar surface area (TPSA) is 99.3 Å². The molecule has 0 radical (unpaired) electrons. The van der Waals surface area contributed by atoms with Crippen molar-refractivity contribution < 1.29 is 10.2 Å². The Morgan fingerprint density at radius 1 is 1.19 bits per heavy atom. The number of nitroso groups, excluding NO2 is 2. The molecule has 0 atom stereocenters. The first kappa shape index (κ1) is 16.2. The van der Waals surface area contributed by atoms with E-state index in [-0.39, 0.29) is 23.7 Å². The molecule has 1 aromatic carbocycles. The van der Waals surface area contributed by atoms with Crippen LogP contribution in [0.1, 0.15) is 5.56 Å². The highest BCUT2D eigenvalue weighted by molar-refractivity contribution is 5.61. The quantitative estimate of drug-likeness (QED) is 0.591. The first-order valence-electron chi connectivity index (χ1n) is 5.96. The third-order valence-electron chi connectivity index (χ3n) is 2.39. The third kappa shape index (κ3) is 5.75. The maximum absolute atomic E-state index is 10.4. The molecule has 1 rings (SSSR count). The van der Waals surface area contributed by atoms with Gasteiger partial charge in [0.25, 0.3) is 0 Å². The van der Waals surface area contributed by atoms with Gasteiger partial charge in [-0.3, -0.25) is 0 Å². The molecule has 2 N–H and O–H groups in total. The highest BCUT2D eigenvalue weighted by Gasteiger charge is 1.97. The molecule has 0 unspecified atom stereocenters. The molecule has 0 saturated heterocycles. The van der Waals surface area contributed by atoms with Gasteiger partial charge >= 0.3 is 0 Å². The summed E-state index contributed by atoms with van der Waals surface area (Å²) < 4.78 is 0. The minimum atomic E-state index is -0.279. The molecular formula is C15H14N2O4. The van der Waals surface area contributed by atoms with Crippen LogP contribution < -0.4 is 0 Å². The third-order valence-corrected chi connectivity index (χ3v) is 2.39. The summed E-state index contributed by atoms with van der Waals surface area (Å²) in [4.78, 5) is 20.8. The van der Waals surface area contributed by atoms with E-state index in [2.05, 4.69) is 16.9 Å². The minimum Gasteiger partial charge on any atom is -0.508 e. The predicted octanol–water partition coefficient (Wildman–Crippen LogP) is 3.56. The fourth-order valence-corrected chi connectivity index (χ4v) is 1.45. The number of phenolic OH excluding ortho intramolecular Hbond substituents is 1. The van der Waals surface area contributed by atoms with E-state index >= 15 is 0 Å². The molecule has 1 aromatic rings. The first-order chi connectivity index (χ1) is 10.1. The van der Waals surface area contributed by atoms with Crippen LogP contribution in [0.15, 0.2) is 70.7 Å². The number of aromatic hydroxyl groups is 1. The molecule has 6 heteroatoms. The molecule has 0 aliphatic rings. The van der Waals surface area contributed by atoms with Gasteiger partial charge in [-0.15, -0.1) is 9.81 Å². The Balaban J connectivity index is 2.81. The van der Waals surface area contributed by atoms with Gasteiger partial charge in [0.1, 0.15) is 17.1 Å². The number of hydrogen-bond donors (Lipinski definition) is 2. The monoisotopic (exact) mass is 286 g/mol. The molecule has 21 heavy (non-hydrogen) atoms. The van der Waals surface area contributed by atoms with Crippen molar-refractivity contribution in [3.05, 3.63) is 75.7 Å². The van der Waals surface area contributed by atoms with Crippen molar-refractivity contribution in [1.82, 2.24) is 0 Å². The molecular weight excluding hydrogens is 272 g/mol. The standard InChI is InChI=1S/C15H14N2O4/c1-11(3-5-13(16-20)6-7-18)2-4-12-8-14(17-21)10-15(19)9-12/h2-6,8-10,18-19H,1,7H2/b4-2+,5-3-,13-6+. The maximum atomic E-state index is 10.4. The highest BCUT2D eigenvalue weighted by Crippen LogP contribution is 2.23. The van der Waals surface area contributed by atoms with Crippen molar-refractivity contribution in [2.24, 2.45) is 10.4 Å². The van der Waals surface area contributed by atoms with Crippen molar-refractivity contribution in [3.8, 4) is 5.75 Å².